The number of thiocarbonyl (C=S) groups is 1. The molecule has 1 aliphatic rings. The smallest absolute Gasteiger partial charge is 0.253 e. The number of aromatic amines is 1. The molecule has 1 aromatic heterocycles. The first-order valence-corrected chi connectivity index (χ1v) is 11.0. The largest absolute Gasteiger partial charge is 0.494 e. The van der Waals surface area contributed by atoms with E-state index in [1.54, 1.807) is 0 Å². The number of H-pyrrole nitrogens is 1. The van der Waals surface area contributed by atoms with E-state index in [4.69, 9.17) is 21.7 Å². The van der Waals surface area contributed by atoms with Gasteiger partial charge in [0.2, 0.25) is 0 Å². The summed E-state index contributed by atoms with van der Waals surface area (Å²) < 4.78 is 11.4. The van der Waals surface area contributed by atoms with Gasteiger partial charge in [0.1, 0.15) is 5.75 Å². The number of hydrogen-bond donors (Lipinski definition) is 2. The topological polar surface area (TPSA) is 66.6 Å². The number of hydrogen-bond acceptors (Lipinski definition) is 4. The quantitative estimate of drug-likeness (QED) is 0.537. The maximum Gasteiger partial charge on any atom is 0.253 e. The third-order valence-electron chi connectivity index (χ3n) is 5.33. The van der Waals surface area contributed by atoms with E-state index in [0.29, 0.717) is 30.4 Å². The van der Waals surface area contributed by atoms with E-state index in [9.17, 15) is 4.79 Å². The van der Waals surface area contributed by atoms with E-state index in [0.717, 1.165) is 41.8 Å². The van der Waals surface area contributed by atoms with Gasteiger partial charge in [-0.05, 0) is 68.4 Å². The number of anilines is 1. The lowest BCUT2D eigenvalue weighted by atomic mass is 10.1. The third-order valence-corrected chi connectivity index (χ3v) is 5.69. The van der Waals surface area contributed by atoms with Crippen molar-refractivity contribution in [1.82, 2.24) is 9.88 Å². The van der Waals surface area contributed by atoms with Crippen molar-refractivity contribution in [2.75, 3.05) is 25.1 Å². The third kappa shape index (κ3) is 5.42. The number of nitrogens with zero attached hydrogens (tertiary/aromatic N) is 1. The molecule has 7 heteroatoms. The molecule has 3 aromatic rings. The molecule has 0 radical (unpaired) electrons. The van der Waals surface area contributed by atoms with Gasteiger partial charge in [0, 0.05) is 35.3 Å². The molecule has 2 N–H and O–H groups in total. The second kappa shape index (κ2) is 9.94. The zero-order valence-electron chi connectivity index (χ0n) is 17.6. The lowest BCUT2D eigenvalue weighted by Crippen LogP contribution is -2.40. The molecule has 0 aliphatic carbocycles. The Hall–Kier alpha value is -2.90. The number of fused-ring (bicyclic) bond motifs is 1. The van der Waals surface area contributed by atoms with Gasteiger partial charge in [0.05, 0.1) is 19.3 Å². The van der Waals surface area contributed by atoms with Crippen molar-refractivity contribution in [1.29, 1.82) is 0 Å². The summed E-state index contributed by atoms with van der Waals surface area (Å²) in [6, 6.07) is 17.4. The molecule has 2 aromatic carbocycles. The zero-order chi connectivity index (χ0) is 21.6. The molecule has 31 heavy (non-hydrogen) atoms. The highest BCUT2D eigenvalue weighted by atomic mass is 32.1. The van der Waals surface area contributed by atoms with Gasteiger partial charge in [-0.25, -0.2) is 0 Å². The number of benzene rings is 2. The highest BCUT2D eigenvalue weighted by molar-refractivity contribution is 7.80. The Labute approximate surface area is 187 Å². The van der Waals surface area contributed by atoms with E-state index in [2.05, 4.69) is 10.3 Å². The minimum atomic E-state index is -0.114. The maximum atomic E-state index is 12.8. The average Bonchev–Trinajstić information content (AvgIpc) is 3.28. The first kappa shape index (κ1) is 21.3. The SMILES string of the molecule is CCOc1ccc2[nH]c(=O)c(CN(C[C@@H]3CCCO3)C(=S)Nc3ccccc3)cc2c1. The first-order chi connectivity index (χ1) is 15.1. The van der Waals surface area contributed by atoms with Gasteiger partial charge >= 0.3 is 0 Å². The van der Waals surface area contributed by atoms with Crippen LogP contribution in [0.1, 0.15) is 25.3 Å². The molecule has 1 aliphatic heterocycles. The Morgan fingerprint density at radius 1 is 1.26 bits per heavy atom. The highest BCUT2D eigenvalue weighted by Gasteiger charge is 2.22. The zero-order valence-corrected chi connectivity index (χ0v) is 18.4. The van der Waals surface area contributed by atoms with Crippen LogP contribution < -0.4 is 15.6 Å². The predicted molar refractivity (Wildman–Crippen MR) is 128 cm³/mol. The molecule has 4 rings (SSSR count). The summed E-state index contributed by atoms with van der Waals surface area (Å²) in [7, 11) is 0. The molecule has 0 bridgehead atoms. The van der Waals surface area contributed by atoms with Crippen molar-refractivity contribution in [3.8, 4) is 5.75 Å². The number of ether oxygens (including phenoxy) is 2. The minimum absolute atomic E-state index is 0.111. The second-order valence-electron chi connectivity index (χ2n) is 7.62. The van der Waals surface area contributed by atoms with Crippen LogP contribution in [0.4, 0.5) is 5.69 Å². The fraction of sp³-hybridized carbons (Fsp3) is 0.333. The molecule has 1 saturated heterocycles. The number of rotatable bonds is 7. The van der Waals surface area contributed by atoms with Crippen LogP contribution in [-0.4, -0.2) is 40.9 Å². The Balaban J connectivity index is 1.60. The molecule has 162 valence electrons. The van der Waals surface area contributed by atoms with Crippen molar-refractivity contribution in [2.45, 2.75) is 32.4 Å². The van der Waals surface area contributed by atoms with Gasteiger partial charge in [0.15, 0.2) is 5.11 Å². The standard InChI is InChI=1S/C24H27N3O3S/c1-2-29-20-10-11-22-17(14-20)13-18(23(28)26-22)15-27(16-21-9-6-12-30-21)24(31)25-19-7-4-3-5-8-19/h3-5,7-8,10-11,13-14,21H,2,6,9,12,15-16H2,1H3,(H,25,31)(H,26,28)/t21-/m0/s1. The van der Waals surface area contributed by atoms with E-state index in [1.807, 2.05) is 66.4 Å². The summed E-state index contributed by atoms with van der Waals surface area (Å²) in [4.78, 5) is 17.8. The minimum Gasteiger partial charge on any atom is -0.494 e. The molecule has 0 saturated carbocycles. The molecule has 0 amide bonds. The van der Waals surface area contributed by atoms with Crippen LogP contribution >= 0.6 is 12.2 Å². The summed E-state index contributed by atoms with van der Waals surface area (Å²) in [5.41, 5.74) is 2.24. The Bertz CT molecular complexity index is 1090. The van der Waals surface area contributed by atoms with Gasteiger partial charge < -0.3 is 24.7 Å². The van der Waals surface area contributed by atoms with Crippen molar-refractivity contribution in [3.63, 3.8) is 0 Å². The summed E-state index contributed by atoms with van der Waals surface area (Å²) in [6.07, 6.45) is 2.16. The summed E-state index contributed by atoms with van der Waals surface area (Å²) in [5, 5.41) is 4.79. The van der Waals surface area contributed by atoms with Crippen LogP contribution in [0.5, 0.6) is 5.75 Å². The maximum absolute atomic E-state index is 12.8. The summed E-state index contributed by atoms with van der Waals surface area (Å²) >= 11 is 5.71. The molecule has 1 fully saturated rings. The van der Waals surface area contributed by atoms with Crippen LogP contribution in [0.25, 0.3) is 10.9 Å². The van der Waals surface area contributed by atoms with Gasteiger partial charge in [-0.3, -0.25) is 4.79 Å². The van der Waals surface area contributed by atoms with Crippen LogP contribution in [0.3, 0.4) is 0 Å². The van der Waals surface area contributed by atoms with E-state index in [-0.39, 0.29) is 11.7 Å². The van der Waals surface area contributed by atoms with Gasteiger partial charge in [-0.15, -0.1) is 0 Å². The molecular formula is C24H27N3O3S. The van der Waals surface area contributed by atoms with Crippen molar-refractivity contribution >= 4 is 33.9 Å². The molecule has 1 atom stereocenters. The first-order valence-electron chi connectivity index (χ1n) is 10.6. The lowest BCUT2D eigenvalue weighted by Gasteiger charge is -2.28. The van der Waals surface area contributed by atoms with Crippen LogP contribution in [-0.2, 0) is 11.3 Å². The highest BCUT2D eigenvalue weighted by Crippen LogP contribution is 2.21. The van der Waals surface area contributed by atoms with Gasteiger partial charge in [-0.1, -0.05) is 18.2 Å². The van der Waals surface area contributed by atoms with Crippen molar-refractivity contribution in [3.05, 3.63) is 70.5 Å². The summed E-state index contributed by atoms with van der Waals surface area (Å²) in [6.45, 7) is 4.34. The predicted octanol–water partition coefficient (Wildman–Crippen LogP) is 4.30. The molecule has 2 heterocycles. The molecule has 0 unspecified atom stereocenters. The lowest BCUT2D eigenvalue weighted by molar-refractivity contribution is 0.0904. The van der Waals surface area contributed by atoms with E-state index in [1.165, 1.54) is 0 Å². The van der Waals surface area contributed by atoms with Crippen LogP contribution in [0, 0.1) is 0 Å². The van der Waals surface area contributed by atoms with Crippen LogP contribution in [0.15, 0.2) is 59.4 Å². The molecule has 6 nitrogen and oxygen atoms in total. The normalized spacial score (nSPS) is 15.7. The monoisotopic (exact) mass is 437 g/mol. The van der Waals surface area contributed by atoms with E-state index < -0.39 is 0 Å². The number of pyridine rings is 1. The fourth-order valence-electron chi connectivity index (χ4n) is 3.79. The number of aromatic nitrogens is 1. The number of nitrogens with one attached hydrogen (secondary N) is 2. The van der Waals surface area contributed by atoms with E-state index >= 15 is 0 Å². The molecular weight excluding hydrogens is 410 g/mol. The fourth-order valence-corrected chi connectivity index (χ4v) is 4.04. The molecule has 0 spiro atoms. The Morgan fingerprint density at radius 3 is 2.84 bits per heavy atom. The van der Waals surface area contributed by atoms with Crippen molar-refractivity contribution in [2.24, 2.45) is 0 Å². The average molecular weight is 438 g/mol. The van der Waals surface area contributed by atoms with Gasteiger partial charge in [0.25, 0.3) is 5.56 Å². The summed E-state index contributed by atoms with van der Waals surface area (Å²) in [5.74, 6) is 0.783. The Morgan fingerprint density at radius 2 is 2.10 bits per heavy atom. The Kier molecular flexibility index (Phi) is 6.84. The number of para-hydroxylation sites is 1. The van der Waals surface area contributed by atoms with Crippen LogP contribution in [0.2, 0.25) is 0 Å². The van der Waals surface area contributed by atoms with Gasteiger partial charge in [-0.2, -0.15) is 0 Å². The van der Waals surface area contributed by atoms with Crippen molar-refractivity contribution < 1.29 is 9.47 Å². The second-order valence-corrected chi connectivity index (χ2v) is 8.00.